The first-order chi connectivity index (χ1) is 5.00. The van der Waals surface area contributed by atoms with E-state index in [2.05, 4.69) is 0 Å². The number of halogens is 1. The van der Waals surface area contributed by atoms with Crippen LogP contribution in [-0.2, 0) is 5.54 Å². The van der Waals surface area contributed by atoms with E-state index in [9.17, 15) is 0 Å². The number of nitrogen functional groups attached to an aromatic ring is 1. The molecule has 2 nitrogen and oxygen atoms in total. The fourth-order valence-corrected chi connectivity index (χ4v) is 0.913. The third-order valence-electron chi connectivity index (χ3n) is 1.65. The SMILES string of the molecule is CC(C)(N)c1ccc(N)cc1.Cl. The first kappa shape index (κ1) is 11.3. The molecule has 0 heterocycles. The second-order valence-corrected chi connectivity index (χ2v) is 3.34. The summed E-state index contributed by atoms with van der Waals surface area (Å²) in [6, 6.07) is 7.64. The zero-order valence-corrected chi connectivity index (χ0v) is 8.19. The highest BCUT2D eigenvalue weighted by Gasteiger charge is 2.12. The normalized spacial score (nSPS) is 10.6. The van der Waals surface area contributed by atoms with E-state index in [1.807, 2.05) is 38.1 Å². The molecule has 0 aliphatic heterocycles. The van der Waals surface area contributed by atoms with E-state index in [-0.39, 0.29) is 17.9 Å². The van der Waals surface area contributed by atoms with Gasteiger partial charge in [-0.1, -0.05) is 12.1 Å². The second-order valence-electron chi connectivity index (χ2n) is 3.34. The van der Waals surface area contributed by atoms with E-state index in [0.717, 1.165) is 11.3 Å². The van der Waals surface area contributed by atoms with Crippen molar-refractivity contribution in [3.8, 4) is 0 Å². The molecular weight excluding hydrogens is 172 g/mol. The Morgan fingerprint density at radius 3 is 1.83 bits per heavy atom. The molecule has 0 fully saturated rings. The molecule has 3 heteroatoms. The summed E-state index contributed by atoms with van der Waals surface area (Å²) in [5.74, 6) is 0. The Morgan fingerprint density at radius 1 is 1.08 bits per heavy atom. The lowest BCUT2D eigenvalue weighted by Crippen LogP contribution is -2.28. The van der Waals surface area contributed by atoms with Crippen molar-refractivity contribution in [3.63, 3.8) is 0 Å². The quantitative estimate of drug-likeness (QED) is 0.659. The van der Waals surface area contributed by atoms with Crippen LogP contribution >= 0.6 is 12.4 Å². The molecule has 0 aromatic heterocycles. The van der Waals surface area contributed by atoms with Crippen LogP contribution < -0.4 is 11.5 Å². The average Bonchev–Trinajstić information content (AvgIpc) is 1.86. The Hall–Kier alpha value is -0.730. The first-order valence-electron chi connectivity index (χ1n) is 3.65. The van der Waals surface area contributed by atoms with Crippen molar-refractivity contribution < 1.29 is 0 Å². The van der Waals surface area contributed by atoms with Crippen LogP contribution in [0, 0.1) is 0 Å². The predicted molar refractivity (Wildman–Crippen MR) is 55.3 cm³/mol. The molecule has 0 atom stereocenters. The predicted octanol–water partition coefficient (Wildman–Crippen LogP) is 1.88. The van der Waals surface area contributed by atoms with Crippen LogP contribution in [0.4, 0.5) is 5.69 Å². The maximum atomic E-state index is 5.87. The highest BCUT2D eigenvalue weighted by Crippen LogP contribution is 2.17. The minimum absolute atomic E-state index is 0. The standard InChI is InChI=1S/C9H14N2.ClH/c1-9(2,11)7-3-5-8(10)6-4-7;/h3-6H,10-11H2,1-2H3;1H. The summed E-state index contributed by atoms with van der Waals surface area (Å²) < 4.78 is 0. The molecule has 1 rings (SSSR count). The van der Waals surface area contributed by atoms with Crippen LogP contribution in [0.1, 0.15) is 19.4 Å². The van der Waals surface area contributed by atoms with E-state index >= 15 is 0 Å². The van der Waals surface area contributed by atoms with Crippen molar-refractivity contribution in [2.24, 2.45) is 5.73 Å². The van der Waals surface area contributed by atoms with Gasteiger partial charge in [-0.25, -0.2) is 0 Å². The number of anilines is 1. The summed E-state index contributed by atoms with van der Waals surface area (Å²) in [5.41, 5.74) is 13.0. The fraction of sp³-hybridized carbons (Fsp3) is 0.333. The summed E-state index contributed by atoms with van der Waals surface area (Å²) in [6.45, 7) is 3.94. The summed E-state index contributed by atoms with van der Waals surface area (Å²) >= 11 is 0. The topological polar surface area (TPSA) is 52.0 Å². The number of hydrogen-bond donors (Lipinski definition) is 2. The van der Waals surface area contributed by atoms with Gasteiger partial charge in [-0.05, 0) is 31.5 Å². The van der Waals surface area contributed by atoms with Crippen LogP contribution in [0.3, 0.4) is 0 Å². The molecule has 1 aromatic carbocycles. The Labute approximate surface area is 79.4 Å². The molecule has 0 saturated heterocycles. The molecular formula is C9H15ClN2. The zero-order valence-electron chi connectivity index (χ0n) is 7.37. The van der Waals surface area contributed by atoms with E-state index in [1.54, 1.807) is 0 Å². The number of nitrogens with two attached hydrogens (primary N) is 2. The molecule has 1 aromatic rings. The van der Waals surface area contributed by atoms with E-state index in [1.165, 1.54) is 0 Å². The van der Waals surface area contributed by atoms with Crippen LogP contribution in [0.5, 0.6) is 0 Å². The summed E-state index contributed by atoms with van der Waals surface area (Å²) in [6.07, 6.45) is 0. The molecule has 68 valence electrons. The van der Waals surface area contributed by atoms with Gasteiger partial charge in [0, 0.05) is 11.2 Å². The summed E-state index contributed by atoms with van der Waals surface area (Å²) in [7, 11) is 0. The van der Waals surface area contributed by atoms with Gasteiger partial charge in [0.15, 0.2) is 0 Å². The maximum absolute atomic E-state index is 5.87. The Bertz CT molecular complexity index is 236. The maximum Gasteiger partial charge on any atom is 0.0352 e. The van der Waals surface area contributed by atoms with Gasteiger partial charge in [-0.2, -0.15) is 0 Å². The molecule has 0 bridgehead atoms. The smallest absolute Gasteiger partial charge is 0.0352 e. The van der Waals surface area contributed by atoms with Gasteiger partial charge in [-0.15, -0.1) is 12.4 Å². The van der Waals surface area contributed by atoms with Crippen LogP contribution in [0.25, 0.3) is 0 Å². The Kier molecular flexibility index (Phi) is 3.55. The number of rotatable bonds is 1. The van der Waals surface area contributed by atoms with Crippen LogP contribution in [-0.4, -0.2) is 0 Å². The van der Waals surface area contributed by atoms with Gasteiger partial charge in [0.1, 0.15) is 0 Å². The lowest BCUT2D eigenvalue weighted by Gasteiger charge is -2.18. The zero-order chi connectivity index (χ0) is 8.48. The summed E-state index contributed by atoms with van der Waals surface area (Å²) in [4.78, 5) is 0. The monoisotopic (exact) mass is 186 g/mol. The molecule has 0 aliphatic carbocycles. The van der Waals surface area contributed by atoms with Gasteiger partial charge in [-0.3, -0.25) is 0 Å². The van der Waals surface area contributed by atoms with Crippen molar-refractivity contribution in [2.75, 3.05) is 5.73 Å². The van der Waals surface area contributed by atoms with E-state index in [0.29, 0.717) is 0 Å². The second kappa shape index (κ2) is 3.78. The third-order valence-corrected chi connectivity index (χ3v) is 1.65. The van der Waals surface area contributed by atoms with E-state index < -0.39 is 0 Å². The van der Waals surface area contributed by atoms with Gasteiger partial charge in [0.2, 0.25) is 0 Å². The van der Waals surface area contributed by atoms with Crippen molar-refractivity contribution in [3.05, 3.63) is 29.8 Å². The van der Waals surface area contributed by atoms with Gasteiger partial charge in [0.25, 0.3) is 0 Å². The molecule has 0 unspecified atom stereocenters. The average molecular weight is 187 g/mol. The van der Waals surface area contributed by atoms with E-state index in [4.69, 9.17) is 11.5 Å². The first-order valence-corrected chi connectivity index (χ1v) is 3.65. The highest BCUT2D eigenvalue weighted by atomic mass is 35.5. The molecule has 0 spiro atoms. The molecule has 12 heavy (non-hydrogen) atoms. The lowest BCUT2D eigenvalue weighted by atomic mass is 9.96. The molecule has 4 N–H and O–H groups in total. The van der Waals surface area contributed by atoms with Crippen molar-refractivity contribution in [1.82, 2.24) is 0 Å². The van der Waals surface area contributed by atoms with Crippen LogP contribution in [0.2, 0.25) is 0 Å². The van der Waals surface area contributed by atoms with Crippen molar-refractivity contribution in [1.29, 1.82) is 0 Å². The third kappa shape index (κ3) is 2.72. The van der Waals surface area contributed by atoms with Gasteiger partial charge < -0.3 is 11.5 Å². The van der Waals surface area contributed by atoms with Gasteiger partial charge >= 0.3 is 0 Å². The number of benzene rings is 1. The number of hydrogen-bond acceptors (Lipinski definition) is 2. The van der Waals surface area contributed by atoms with Gasteiger partial charge in [0.05, 0.1) is 0 Å². The highest BCUT2D eigenvalue weighted by molar-refractivity contribution is 5.85. The largest absolute Gasteiger partial charge is 0.399 e. The minimum atomic E-state index is -0.270. The molecule has 0 aliphatic rings. The lowest BCUT2D eigenvalue weighted by molar-refractivity contribution is 0.554. The van der Waals surface area contributed by atoms with Crippen LogP contribution in [0.15, 0.2) is 24.3 Å². The molecule has 0 radical (unpaired) electrons. The summed E-state index contributed by atoms with van der Waals surface area (Å²) in [5, 5.41) is 0. The Balaban J connectivity index is 0.00000121. The molecule has 0 saturated carbocycles. The van der Waals surface area contributed by atoms with Crippen molar-refractivity contribution >= 4 is 18.1 Å². The fourth-order valence-electron chi connectivity index (χ4n) is 0.913. The minimum Gasteiger partial charge on any atom is -0.399 e. The van der Waals surface area contributed by atoms with Crippen molar-refractivity contribution in [2.45, 2.75) is 19.4 Å². The molecule has 0 amide bonds. The Morgan fingerprint density at radius 2 is 1.50 bits per heavy atom.